The zero-order valence-electron chi connectivity index (χ0n) is 18.6. The highest BCUT2D eigenvalue weighted by atomic mass is 35.5. The van der Waals surface area contributed by atoms with Crippen LogP contribution >= 0.6 is 11.6 Å². The van der Waals surface area contributed by atoms with Gasteiger partial charge >= 0.3 is 0 Å². The molecule has 0 radical (unpaired) electrons. The van der Waals surface area contributed by atoms with E-state index in [9.17, 15) is 23.1 Å². The minimum Gasteiger partial charge on any atom is -0.394 e. The van der Waals surface area contributed by atoms with E-state index in [2.05, 4.69) is 15.3 Å². The van der Waals surface area contributed by atoms with Gasteiger partial charge in [-0.15, -0.1) is 0 Å². The number of benzene rings is 2. The molecule has 1 heterocycles. The number of nitrogens with two attached hydrogens (primary N) is 1. The number of nitrogens with one attached hydrogen (secondary N) is 1. The molecule has 0 saturated heterocycles. The smallest absolute Gasteiger partial charge is 0.254 e. The van der Waals surface area contributed by atoms with Crippen LogP contribution in [0, 0.1) is 5.82 Å². The van der Waals surface area contributed by atoms with E-state index in [-0.39, 0.29) is 48.7 Å². The molecule has 184 valence electrons. The van der Waals surface area contributed by atoms with Crippen molar-refractivity contribution in [2.75, 3.05) is 12.3 Å². The third-order valence-corrected chi connectivity index (χ3v) is 6.42. The fourth-order valence-electron chi connectivity index (χ4n) is 4.20. The molecule has 6 nitrogen and oxygen atoms in total. The highest BCUT2D eigenvalue weighted by Gasteiger charge is 2.36. The minimum atomic E-state index is -2.66. The Morgan fingerprint density at radius 2 is 1.97 bits per heavy atom. The minimum absolute atomic E-state index is 0.0628. The van der Waals surface area contributed by atoms with Crippen molar-refractivity contribution >= 4 is 23.3 Å². The van der Waals surface area contributed by atoms with Crippen LogP contribution in [0.2, 0.25) is 5.02 Å². The predicted octanol–water partition coefficient (Wildman–Crippen LogP) is 5.27. The van der Waals surface area contributed by atoms with Gasteiger partial charge < -0.3 is 16.2 Å². The molecule has 4 N–H and O–H groups in total. The lowest BCUT2D eigenvalue weighted by Crippen LogP contribution is -2.31. The highest BCUT2D eigenvalue weighted by Crippen LogP contribution is 2.40. The molecule has 1 aliphatic rings. The van der Waals surface area contributed by atoms with Gasteiger partial charge in [-0.3, -0.25) is 4.79 Å². The van der Waals surface area contributed by atoms with Crippen molar-refractivity contribution < 1.29 is 23.1 Å². The van der Waals surface area contributed by atoms with E-state index in [4.69, 9.17) is 17.3 Å². The van der Waals surface area contributed by atoms with Gasteiger partial charge in [-0.25, -0.2) is 23.1 Å². The molecule has 1 aromatic heterocycles. The largest absolute Gasteiger partial charge is 0.394 e. The second-order valence-corrected chi connectivity index (χ2v) is 9.05. The van der Waals surface area contributed by atoms with E-state index in [1.807, 2.05) is 0 Å². The van der Waals surface area contributed by atoms with Gasteiger partial charge in [-0.2, -0.15) is 0 Å². The Labute approximate surface area is 205 Å². The Morgan fingerprint density at radius 1 is 1.23 bits per heavy atom. The van der Waals surface area contributed by atoms with Crippen LogP contribution < -0.4 is 11.1 Å². The SMILES string of the molecule is Nc1ncc(C2CCC(F)(F)CC2)nc1-c1ccc(C(=O)N[C@H](CO)c2cccc(Cl)c2)c(F)c1. The lowest BCUT2D eigenvalue weighted by molar-refractivity contribution is -0.0385. The number of rotatable bonds is 6. The second kappa shape index (κ2) is 10.2. The van der Waals surface area contributed by atoms with Gasteiger partial charge in [0.1, 0.15) is 17.3 Å². The maximum Gasteiger partial charge on any atom is 0.254 e. The normalized spacial score (nSPS) is 16.6. The Morgan fingerprint density at radius 3 is 2.63 bits per heavy atom. The number of carbonyl (C=O) groups excluding carboxylic acids is 1. The molecule has 10 heteroatoms. The van der Waals surface area contributed by atoms with Gasteiger partial charge in [0.2, 0.25) is 5.92 Å². The summed E-state index contributed by atoms with van der Waals surface area (Å²) >= 11 is 5.98. The van der Waals surface area contributed by atoms with Crippen molar-refractivity contribution in [1.29, 1.82) is 0 Å². The number of halogens is 4. The predicted molar refractivity (Wildman–Crippen MR) is 127 cm³/mol. The molecule has 35 heavy (non-hydrogen) atoms. The number of nitrogen functional groups attached to an aromatic ring is 1. The van der Waals surface area contributed by atoms with Crippen molar-refractivity contribution in [3.63, 3.8) is 0 Å². The molecule has 0 unspecified atom stereocenters. The molecule has 1 amide bonds. The van der Waals surface area contributed by atoms with Crippen molar-refractivity contribution in [3.8, 4) is 11.3 Å². The fourth-order valence-corrected chi connectivity index (χ4v) is 4.40. The number of hydrogen-bond acceptors (Lipinski definition) is 5. The van der Waals surface area contributed by atoms with Crippen LogP contribution in [0.25, 0.3) is 11.3 Å². The summed E-state index contributed by atoms with van der Waals surface area (Å²) in [5.41, 5.74) is 7.37. The molecular formula is C25H24ClF3N4O2. The summed E-state index contributed by atoms with van der Waals surface area (Å²) in [4.78, 5) is 21.3. The summed E-state index contributed by atoms with van der Waals surface area (Å²) in [5, 5.41) is 12.7. The third-order valence-electron chi connectivity index (χ3n) is 6.18. The zero-order valence-corrected chi connectivity index (χ0v) is 19.4. The van der Waals surface area contributed by atoms with E-state index < -0.39 is 30.3 Å². The van der Waals surface area contributed by atoms with Gasteiger partial charge in [0.15, 0.2) is 0 Å². The summed E-state index contributed by atoms with van der Waals surface area (Å²) in [6, 6.07) is 9.76. The van der Waals surface area contributed by atoms with E-state index >= 15 is 0 Å². The van der Waals surface area contributed by atoms with Crippen LogP contribution in [0.1, 0.15) is 59.3 Å². The van der Waals surface area contributed by atoms with Crippen molar-refractivity contribution in [2.24, 2.45) is 0 Å². The van der Waals surface area contributed by atoms with E-state index in [0.717, 1.165) is 6.07 Å². The van der Waals surface area contributed by atoms with Crippen LogP contribution in [0.4, 0.5) is 19.0 Å². The quantitative estimate of drug-likeness (QED) is 0.424. The van der Waals surface area contributed by atoms with Crippen LogP contribution in [-0.2, 0) is 0 Å². The summed E-state index contributed by atoms with van der Waals surface area (Å²) in [6.45, 7) is -0.405. The maximum absolute atomic E-state index is 15.0. The summed E-state index contributed by atoms with van der Waals surface area (Å²) in [5.74, 6) is -4.32. The molecule has 1 saturated carbocycles. The Bertz CT molecular complexity index is 1230. The number of carbonyl (C=O) groups is 1. The summed E-state index contributed by atoms with van der Waals surface area (Å²) < 4.78 is 42.0. The van der Waals surface area contributed by atoms with Crippen molar-refractivity contribution in [1.82, 2.24) is 15.3 Å². The number of aromatic nitrogens is 2. The van der Waals surface area contributed by atoms with E-state index in [1.54, 1.807) is 24.3 Å². The maximum atomic E-state index is 15.0. The lowest BCUT2D eigenvalue weighted by Gasteiger charge is -2.27. The van der Waals surface area contributed by atoms with E-state index in [1.165, 1.54) is 18.3 Å². The molecule has 0 aliphatic heterocycles. The lowest BCUT2D eigenvalue weighted by atomic mass is 9.85. The van der Waals surface area contributed by atoms with Crippen LogP contribution in [0.15, 0.2) is 48.7 Å². The van der Waals surface area contributed by atoms with Crippen LogP contribution in [0.5, 0.6) is 0 Å². The fraction of sp³-hybridized carbons (Fsp3) is 0.320. The summed E-state index contributed by atoms with van der Waals surface area (Å²) in [6.07, 6.45) is 1.58. The number of aliphatic hydroxyl groups is 1. The second-order valence-electron chi connectivity index (χ2n) is 8.62. The zero-order chi connectivity index (χ0) is 25.2. The first kappa shape index (κ1) is 24.9. The van der Waals surface area contributed by atoms with Gasteiger partial charge in [0.05, 0.1) is 30.1 Å². The molecule has 0 spiro atoms. The van der Waals surface area contributed by atoms with Gasteiger partial charge in [0.25, 0.3) is 5.91 Å². The number of anilines is 1. The number of nitrogens with zero attached hydrogens (tertiary/aromatic N) is 2. The third kappa shape index (κ3) is 5.74. The molecule has 0 bridgehead atoms. The van der Waals surface area contributed by atoms with Gasteiger partial charge in [0, 0.05) is 29.3 Å². The van der Waals surface area contributed by atoms with Crippen molar-refractivity contribution in [3.05, 3.63) is 76.3 Å². The Balaban J connectivity index is 1.54. The summed E-state index contributed by atoms with van der Waals surface area (Å²) in [7, 11) is 0. The number of amides is 1. The van der Waals surface area contributed by atoms with Gasteiger partial charge in [-0.1, -0.05) is 29.8 Å². The Kier molecular flexibility index (Phi) is 7.28. The average molecular weight is 505 g/mol. The van der Waals surface area contributed by atoms with Crippen molar-refractivity contribution in [2.45, 2.75) is 43.6 Å². The number of alkyl halides is 2. The molecular weight excluding hydrogens is 481 g/mol. The molecule has 1 atom stereocenters. The first-order valence-electron chi connectivity index (χ1n) is 11.1. The van der Waals surface area contributed by atoms with Crippen LogP contribution in [0.3, 0.4) is 0 Å². The first-order chi connectivity index (χ1) is 16.7. The number of aliphatic hydroxyl groups excluding tert-OH is 1. The van der Waals surface area contributed by atoms with E-state index in [0.29, 0.717) is 21.8 Å². The first-order valence-corrected chi connectivity index (χ1v) is 11.5. The molecule has 2 aromatic carbocycles. The topological polar surface area (TPSA) is 101 Å². The average Bonchev–Trinajstić information content (AvgIpc) is 2.82. The van der Waals surface area contributed by atoms with Gasteiger partial charge in [-0.05, 0) is 42.7 Å². The Hall–Kier alpha value is -3.17. The highest BCUT2D eigenvalue weighted by molar-refractivity contribution is 6.30. The molecule has 3 aromatic rings. The molecule has 1 fully saturated rings. The van der Waals surface area contributed by atoms with Crippen LogP contribution in [-0.4, -0.2) is 33.5 Å². The number of hydrogen-bond donors (Lipinski definition) is 3. The molecule has 1 aliphatic carbocycles. The standard InChI is InChI=1S/C25H24ClF3N4O2/c26-17-3-1-2-15(10-17)21(13-34)33-24(35)18-5-4-16(11-19(18)27)22-23(30)31-12-20(32-22)14-6-8-25(28,29)9-7-14/h1-5,10-12,14,21,34H,6-9,13H2,(H2,30,31)(H,33,35)/t21-/m1/s1. The monoisotopic (exact) mass is 504 g/mol. The molecule has 4 rings (SSSR count).